The van der Waals surface area contributed by atoms with Crippen LogP contribution in [0.5, 0.6) is 0 Å². The van der Waals surface area contributed by atoms with Gasteiger partial charge in [-0.05, 0) is 13.8 Å². The van der Waals surface area contributed by atoms with Gasteiger partial charge in [-0.2, -0.15) is 0 Å². The molecule has 0 atom stereocenters. The number of carbonyl (C=O) groups is 2. The zero-order valence-corrected chi connectivity index (χ0v) is 11.1. The molecule has 6 heteroatoms. The highest BCUT2D eigenvalue weighted by molar-refractivity contribution is 7.11. The summed E-state index contributed by atoms with van der Waals surface area (Å²) in [4.78, 5) is 28.8. The van der Waals surface area contributed by atoms with Gasteiger partial charge in [0.15, 0.2) is 0 Å². The van der Waals surface area contributed by atoms with Crippen molar-refractivity contribution >= 4 is 23.2 Å². The number of terminal acetylenes is 1. The van der Waals surface area contributed by atoms with Crippen LogP contribution in [0.4, 0.5) is 0 Å². The molecule has 0 fully saturated rings. The molecule has 0 spiro atoms. The molecule has 0 aliphatic heterocycles. The van der Waals surface area contributed by atoms with Gasteiger partial charge in [-0.15, -0.1) is 17.8 Å². The van der Waals surface area contributed by atoms with Gasteiger partial charge < -0.3 is 9.64 Å². The van der Waals surface area contributed by atoms with E-state index in [2.05, 4.69) is 10.9 Å². The molecule has 0 saturated carbocycles. The molecule has 1 aromatic heterocycles. The van der Waals surface area contributed by atoms with E-state index >= 15 is 0 Å². The predicted octanol–water partition coefficient (Wildman–Crippen LogP) is 1.42. The second-order valence-corrected chi connectivity index (χ2v) is 4.14. The van der Waals surface area contributed by atoms with Gasteiger partial charge >= 0.3 is 5.97 Å². The highest BCUT2D eigenvalue weighted by atomic mass is 32.1. The lowest BCUT2D eigenvalue weighted by Gasteiger charge is -2.16. The number of rotatable bonds is 5. The monoisotopic (exact) mass is 266 g/mol. The standard InChI is InChI=1S/C12H14N2O3S/c1-4-7-14(5-2)11(15)9-8-18-10(13-9)12(16)17-6-3/h1,8H,5-7H2,2-3H3. The van der Waals surface area contributed by atoms with E-state index in [4.69, 9.17) is 11.2 Å². The van der Waals surface area contributed by atoms with E-state index in [0.29, 0.717) is 6.54 Å². The van der Waals surface area contributed by atoms with Gasteiger partial charge in [-0.25, -0.2) is 9.78 Å². The summed E-state index contributed by atoms with van der Waals surface area (Å²) in [6.45, 7) is 4.54. The number of amides is 1. The van der Waals surface area contributed by atoms with E-state index in [1.807, 2.05) is 6.92 Å². The van der Waals surface area contributed by atoms with Crippen molar-refractivity contribution in [2.75, 3.05) is 19.7 Å². The molecular formula is C12H14N2O3S. The first-order valence-corrected chi connectivity index (χ1v) is 6.37. The van der Waals surface area contributed by atoms with Crippen molar-refractivity contribution in [2.24, 2.45) is 0 Å². The first-order valence-electron chi connectivity index (χ1n) is 5.49. The van der Waals surface area contributed by atoms with E-state index in [9.17, 15) is 9.59 Å². The van der Waals surface area contributed by atoms with Crippen molar-refractivity contribution in [3.8, 4) is 12.3 Å². The summed E-state index contributed by atoms with van der Waals surface area (Å²) in [5.74, 6) is 1.62. The first kappa shape index (κ1) is 14.2. The fraction of sp³-hybridized carbons (Fsp3) is 0.417. The Morgan fingerprint density at radius 1 is 1.56 bits per heavy atom. The van der Waals surface area contributed by atoms with Crippen LogP contribution in [0.2, 0.25) is 0 Å². The summed E-state index contributed by atoms with van der Waals surface area (Å²) >= 11 is 1.09. The summed E-state index contributed by atoms with van der Waals surface area (Å²) in [6, 6.07) is 0. The minimum Gasteiger partial charge on any atom is -0.461 e. The summed E-state index contributed by atoms with van der Waals surface area (Å²) in [6.07, 6.45) is 5.18. The first-order chi connectivity index (χ1) is 8.63. The number of hydrogen-bond donors (Lipinski definition) is 0. The van der Waals surface area contributed by atoms with Gasteiger partial charge in [-0.3, -0.25) is 4.79 Å². The molecule has 18 heavy (non-hydrogen) atoms. The Morgan fingerprint density at radius 2 is 2.28 bits per heavy atom. The third kappa shape index (κ3) is 3.31. The van der Waals surface area contributed by atoms with E-state index in [1.54, 1.807) is 6.92 Å². The molecule has 0 aromatic carbocycles. The van der Waals surface area contributed by atoms with Gasteiger partial charge in [0.2, 0.25) is 5.01 Å². The molecular weight excluding hydrogens is 252 g/mol. The molecule has 0 N–H and O–H groups in total. The van der Waals surface area contributed by atoms with Crippen molar-refractivity contribution in [1.29, 1.82) is 0 Å². The minimum atomic E-state index is -0.512. The molecule has 1 amide bonds. The Hall–Kier alpha value is -1.87. The van der Waals surface area contributed by atoms with E-state index < -0.39 is 5.97 Å². The van der Waals surface area contributed by atoms with Crippen molar-refractivity contribution < 1.29 is 14.3 Å². The molecule has 0 aliphatic rings. The van der Waals surface area contributed by atoms with Crippen LogP contribution in [0, 0.1) is 12.3 Å². The van der Waals surface area contributed by atoms with Crippen LogP contribution in [0.1, 0.15) is 34.1 Å². The molecule has 0 unspecified atom stereocenters. The molecule has 1 rings (SSSR count). The minimum absolute atomic E-state index is 0.178. The van der Waals surface area contributed by atoms with Crippen molar-refractivity contribution in [3.05, 3.63) is 16.1 Å². The highest BCUT2D eigenvalue weighted by Crippen LogP contribution is 2.13. The van der Waals surface area contributed by atoms with Crippen molar-refractivity contribution in [3.63, 3.8) is 0 Å². The Morgan fingerprint density at radius 3 is 2.83 bits per heavy atom. The number of esters is 1. The van der Waals surface area contributed by atoms with Crippen LogP contribution in [-0.4, -0.2) is 41.5 Å². The molecule has 96 valence electrons. The Labute approximate surface area is 110 Å². The average Bonchev–Trinajstić information content (AvgIpc) is 2.85. The lowest BCUT2D eigenvalue weighted by molar-refractivity contribution is 0.0526. The maximum Gasteiger partial charge on any atom is 0.367 e. The lowest BCUT2D eigenvalue weighted by Crippen LogP contribution is -2.31. The highest BCUT2D eigenvalue weighted by Gasteiger charge is 2.19. The van der Waals surface area contributed by atoms with Crippen LogP contribution in [0.25, 0.3) is 0 Å². The Kier molecular flexibility index (Phi) is 5.33. The fourth-order valence-electron chi connectivity index (χ4n) is 1.26. The van der Waals surface area contributed by atoms with Crippen molar-refractivity contribution in [2.45, 2.75) is 13.8 Å². The number of ether oxygens (including phenoxy) is 1. The molecule has 0 bridgehead atoms. The summed E-state index contributed by atoms with van der Waals surface area (Å²) in [7, 11) is 0. The normalized spacial score (nSPS) is 9.61. The van der Waals surface area contributed by atoms with Crippen molar-refractivity contribution in [1.82, 2.24) is 9.88 Å². The third-order valence-electron chi connectivity index (χ3n) is 2.12. The number of aromatic nitrogens is 1. The topological polar surface area (TPSA) is 59.5 Å². The van der Waals surface area contributed by atoms with Crippen LogP contribution >= 0.6 is 11.3 Å². The van der Waals surface area contributed by atoms with Crippen LogP contribution in [0.15, 0.2) is 5.38 Å². The van der Waals surface area contributed by atoms with Gasteiger partial charge in [0.1, 0.15) is 5.69 Å². The lowest BCUT2D eigenvalue weighted by atomic mass is 10.4. The molecule has 0 radical (unpaired) electrons. The summed E-state index contributed by atoms with van der Waals surface area (Å²) < 4.78 is 4.81. The maximum absolute atomic E-state index is 12.0. The third-order valence-corrected chi connectivity index (χ3v) is 2.95. The van der Waals surface area contributed by atoms with Gasteiger partial charge in [0.25, 0.3) is 5.91 Å². The van der Waals surface area contributed by atoms with Gasteiger partial charge in [-0.1, -0.05) is 5.92 Å². The number of nitrogens with zero attached hydrogens (tertiary/aromatic N) is 2. The molecule has 5 nitrogen and oxygen atoms in total. The van der Waals surface area contributed by atoms with E-state index in [-0.39, 0.29) is 29.8 Å². The average molecular weight is 266 g/mol. The second kappa shape index (κ2) is 6.77. The number of hydrogen-bond acceptors (Lipinski definition) is 5. The Bertz CT molecular complexity index is 476. The molecule has 0 saturated heterocycles. The zero-order chi connectivity index (χ0) is 13.5. The van der Waals surface area contributed by atoms with Gasteiger partial charge in [0, 0.05) is 11.9 Å². The summed E-state index contributed by atoms with van der Waals surface area (Å²) in [5.41, 5.74) is 0.222. The van der Waals surface area contributed by atoms with Gasteiger partial charge in [0.05, 0.1) is 13.2 Å². The van der Waals surface area contributed by atoms with E-state index in [0.717, 1.165) is 11.3 Å². The quantitative estimate of drug-likeness (QED) is 0.597. The smallest absolute Gasteiger partial charge is 0.367 e. The molecule has 0 aliphatic carbocycles. The second-order valence-electron chi connectivity index (χ2n) is 3.28. The maximum atomic E-state index is 12.0. The number of thiazole rings is 1. The SMILES string of the molecule is C#CCN(CC)C(=O)c1csc(C(=O)OCC)n1. The largest absolute Gasteiger partial charge is 0.461 e. The zero-order valence-electron chi connectivity index (χ0n) is 10.3. The van der Waals surface area contributed by atoms with E-state index in [1.165, 1.54) is 10.3 Å². The fourth-order valence-corrected chi connectivity index (χ4v) is 1.94. The van der Waals surface area contributed by atoms with Crippen LogP contribution in [-0.2, 0) is 4.74 Å². The molecule has 1 aromatic rings. The summed E-state index contributed by atoms with van der Waals surface area (Å²) in [5, 5.41) is 1.71. The van der Waals surface area contributed by atoms with Crippen LogP contribution < -0.4 is 0 Å². The Balaban J connectivity index is 2.82. The van der Waals surface area contributed by atoms with Crippen LogP contribution in [0.3, 0.4) is 0 Å². The predicted molar refractivity (Wildman–Crippen MR) is 68.5 cm³/mol. The molecule has 1 heterocycles. The number of carbonyl (C=O) groups excluding carboxylic acids is 2.